The van der Waals surface area contributed by atoms with Crippen LogP contribution in [0.25, 0.3) is 6.08 Å². The van der Waals surface area contributed by atoms with E-state index in [1.54, 1.807) is 0 Å². The van der Waals surface area contributed by atoms with Gasteiger partial charge in [-0.3, -0.25) is 9.91 Å². The average Bonchev–Trinajstić information content (AvgIpc) is 2.64. The molecule has 0 N–H and O–H groups in total. The normalized spacial score (nSPS) is 16.6. The molecule has 2 aromatic carbocycles. The minimum absolute atomic E-state index is 0.793. The number of allylic oxidation sites excluding steroid dienone is 1. The Balaban J connectivity index is 1.47. The quantitative estimate of drug-likeness (QED) is 0.734. The maximum atomic E-state index is 5.94. The standard InChI is InChI=1S/C21H24ClN3/c1-18(15-19-5-3-2-4-6-19)16-23-25-13-11-24(12-14-25)17-20-7-9-21(22)10-8-20/h2-10,15-16H,11-14,17H2,1H3/b18-15-,23-16+. The molecule has 2 aromatic rings. The Morgan fingerprint density at radius 1 is 1.00 bits per heavy atom. The van der Waals surface area contributed by atoms with E-state index >= 15 is 0 Å². The molecule has 1 aliphatic rings. The lowest BCUT2D eigenvalue weighted by Gasteiger charge is -2.33. The third-order valence-corrected chi connectivity index (χ3v) is 4.54. The number of rotatable bonds is 5. The van der Waals surface area contributed by atoms with Gasteiger partial charge in [-0.2, -0.15) is 5.10 Å². The van der Waals surface area contributed by atoms with Crippen LogP contribution in [-0.4, -0.2) is 42.3 Å². The van der Waals surface area contributed by atoms with Crippen molar-refractivity contribution in [3.63, 3.8) is 0 Å². The fourth-order valence-corrected chi connectivity index (χ4v) is 3.01. The number of hydrazone groups is 1. The highest BCUT2D eigenvalue weighted by molar-refractivity contribution is 6.30. The van der Waals surface area contributed by atoms with Crippen LogP contribution in [0.2, 0.25) is 5.02 Å². The molecule has 3 nitrogen and oxygen atoms in total. The van der Waals surface area contributed by atoms with E-state index in [4.69, 9.17) is 11.6 Å². The maximum Gasteiger partial charge on any atom is 0.0499 e. The molecule has 1 saturated heterocycles. The zero-order valence-electron chi connectivity index (χ0n) is 14.6. The van der Waals surface area contributed by atoms with Crippen LogP contribution in [0.1, 0.15) is 18.1 Å². The van der Waals surface area contributed by atoms with Crippen molar-refractivity contribution in [3.8, 4) is 0 Å². The third kappa shape index (κ3) is 5.73. The largest absolute Gasteiger partial charge is 0.295 e. The number of halogens is 1. The summed E-state index contributed by atoms with van der Waals surface area (Å²) in [6, 6.07) is 18.5. The molecule has 0 radical (unpaired) electrons. The van der Waals surface area contributed by atoms with E-state index in [2.05, 4.69) is 64.4 Å². The first-order valence-electron chi connectivity index (χ1n) is 8.68. The van der Waals surface area contributed by atoms with E-state index < -0.39 is 0 Å². The number of hydrogen-bond donors (Lipinski definition) is 0. The lowest BCUT2D eigenvalue weighted by atomic mass is 10.1. The molecule has 4 heteroatoms. The monoisotopic (exact) mass is 353 g/mol. The van der Waals surface area contributed by atoms with Crippen molar-refractivity contribution in [1.29, 1.82) is 0 Å². The van der Waals surface area contributed by atoms with Crippen LogP contribution in [0, 0.1) is 0 Å². The van der Waals surface area contributed by atoms with Crippen molar-refractivity contribution in [1.82, 2.24) is 9.91 Å². The van der Waals surface area contributed by atoms with Gasteiger partial charge in [0, 0.05) is 44.0 Å². The summed E-state index contributed by atoms with van der Waals surface area (Å²) in [5.74, 6) is 0. The van der Waals surface area contributed by atoms with Gasteiger partial charge in [-0.15, -0.1) is 0 Å². The maximum absolute atomic E-state index is 5.94. The van der Waals surface area contributed by atoms with Gasteiger partial charge in [-0.25, -0.2) is 0 Å². The Bertz CT molecular complexity index is 715. The lowest BCUT2D eigenvalue weighted by Crippen LogP contribution is -2.43. The molecule has 1 heterocycles. The molecular formula is C21H24ClN3. The topological polar surface area (TPSA) is 18.8 Å². The lowest BCUT2D eigenvalue weighted by molar-refractivity contribution is 0.131. The third-order valence-electron chi connectivity index (χ3n) is 4.29. The molecule has 3 rings (SSSR count). The molecule has 1 aliphatic heterocycles. The minimum Gasteiger partial charge on any atom is -0.295 e. The van der Waals surface area contributed by atoms with Crippen LogP contribution in [0.5, 0.6) is 0 Å². The van der Waals surface area contributed by atoms with Gasteiger partial charge in [0.15, 0.2) is 0 Å². The van der Waals surface area contributed by atoms with Crippen molar-refractivity contribution in [3.05, 3.63) is 76.3 Å². The fraction of sp³-hybridized carbons (Fsp3) is 0.286. The van der Waals surface area contributed by atoms with Crippen LogP contribution in [0.4, 0.5) is 0 Å². The van der Waals surface area contributed by atoms with Gasteiger partial charge in [0.05, 0.1) is 0 Å². The molecule has 0 amide bonds. The first-order chi connectivity index (χ1) is 12.2. The minimum atomic E-state index is 0.793. The molecule has 25 heavy (non-hydrogen) atoms. The summed E-state index contributed by atoms with van der Waals surface area (Å²) in [5, 5.41) is 7.58. The Hall–Kier alpha value is -2.10. The molecule has 0 saturated carbocycles. The molecule has 0 unspecified atom stereocenters. The molecule has 0 spiro atoms. The Kier molecular flexibility index (Phi) is 6.26. The number of piperazine rings is 1. The molecule has 1 fully saturated rings. The second kappa shape index (κ2) is 8.84. The van der Waals surface area contributed by atoms with Gasteiger partial charge in [0.2, 0.25) is 0 Å². The number of benzene rings is 2. The predicted molar refractivity (Wildman–Crippen MR) is 107 cm³/mol. The summed E-state index contributed by atoms with van der Waals surface area (Å²) in [6.07, 6.45) is 4.11. The Morgan fingerprint density at radius 3 is 2.36 bits per heavy atom. The van der Waals surface area contributed by atoms with Gasteiger partial charge in [0.25, 0.3) is 0 Å². The van der Waals surface area contributed by atoms with Gasteiger partial charge in [-0.1, -0.05) is 60.1 Å². The summed E-state index contributed by atoms with van der Waals surface area (Å²) in [6.45, 7) is 7.04. The number of hydrogen-bond acceptors (Lipinski definition) is 3. The molecule has 130 valence electrons. The zero-order chi connectivity index (χ0) is 17.5. The summed E-state index contributed by atoms with van der Waals surface area (Å²) in [7, 11) is 0. The van der Waals surface area contributed by atoms with Crippen LogP contribution in [0.3, 0.4) is 0 Å². The fourth-order valence-electron chi connectivity index (χ4n) is 2.88. The zero-order valence-corrected chi connectivity index (χ0v) is 15.4. The number of nitrogens with zero attached hydrogens (tertiary/aromatic N) is 3. The average molecular weight is 354 g/mol. The molecule has 0 aliphatic carbocycles. The van der Waals surface area contributed by atoms with Crippen LogP contribution in [-0.2, 0) is 6.54 Å². The van der Waals surface area contributed by atoms with Crippen LogP contribution in [0.15, 0.2) is 65.3 Å². The second-order valence-corrected chi connectivity index (χ2v) is 6.84. The van der Waals surface area contributed by atoms with E-state index in [0.717, 1.165) is 43.3 Å². The highest BCUT2D eigenvalue weighted by Gasteiger charge is 2.15. The second-order valence-electron chi connectivity index (χ2n) is 6.40. The van der Waals surface area contributed by atoms with E-state index in [0.29, 0.717) is 0 Å². The summed E-state index contributed by atoms with van der Waals surface area (Å²) in [4.78, 5) is 2.46. The van der Waals surface area contributed by atoms with E-state index in [1.807, 2.05) is 24.4 Å². The summed E-state index contributed by atoms with van der Waals surface area (Å²) in [5.41, 5.74) is 3.68. The Morgan fingerprint density at radius 2 is 1.68 bits per heavy atom. The summed E-state index contributed by atoms with van der Waals surface area (Å²) >= 11 is 5.94. The highest BCUT2D eigenvalue weighted by Crippen LogP contribution is 2.13. The van der Waals surface area contributed by atoms with Crippen molar-refractivity contribution in [2.45, 2.75) is 13.5 Å². The van der Waals surface area contributed by atoms with Crippen molar-refractivity contribution in [2.75, 3.05) is 26.2 Å². The molecule has 0 bridgehead atoms. The first-order valence-corrected chi connectivity index (χ1v) is 9.06. The molecular weight excluding hydrogens is 330 g/mol. The molecule has 0 atom stereocenters. The smallest absolute Gasteiger partial charge is 0.0499 e. The van der Waals surface area contributed by atoms with Gasteiger partial charge in [-0.05, 0) is 35.8 Å². The first kappa shape index (κ1) is 17.7. The van der Waals surface area contributed by atoms with Gasteiger partial charge < -0.3 is 0 Å². The van der Waals surface area contributed by atoms with Gasteiger partial charge in [0.1, 0.15) is 0 Å². The van der Waals surface area contributed by atoms with Crippen molar-refractivity contribution >= 4 is 23.9 Å². The Labute approximate surface area is 155 Å². The van der Waals surface area contributed by atoms with Crippen LogP contribution >= 0.6 is 11.6 Å². The van der Waals surface area contributed by atoms with Crippen molar-refractivity contribution < 1.29 is 0 Å². The van der Waals surface area contributed by atoms with Crippen LogP contribution < -0.4 is 0 Å². The highest BCUT2D eigenvalue weighted by atomic mass is 35.5. The predicted octanol–water partition coefficient (Wildman–Crippen LogP) is 4.55. The van der Waals surface area contributed by atoms with Gasteiger partial charge >= 0.3 is 0 Å². The van der Waals surface area contributed by atoms with Crippen molar-refractivity contribution in [2.24, 2.45) is 5.10 Å². The van der Waals surface area contributed by atoms with E-state index in [-0.39, 0.29) is 0 Å². The van der Waals surface area contributed by atoms with E-state index in [9.17, 15) is 0 Å². The molecule has 0 aromatic heterocycles. The summed E-state index contributed by atoms with van der Waals surface area (Å²) < 4.78 is 0. The van der Waals surface area contributed by atoms with E-state index in [1.165, 1.54) is 11.1 Å². The SMILES string of the molecule is CC(=C/c1ccccc1)/C=N/N1CCN(Cc2ccc(Cl)cc2)CC1.